The first-order valence-corrected chi connectivity index (χ1v) is 7.82. The number of hydrogen-bond donors (Lipinski definition) is 3. The van der Waals surface area contributed by atoms with E-state index in [0.717, 1.165) is 29.7 Å². The molecule has 1 aromatic heterocycles. The largest absolute Gasteiger partial charge is 0.387 e. The van der Waals surface area contributed by atoms with E-state index in [1.165, 1.54) is 0 Å². The first-order valence-electron chi connectivity index (χ1n) is 7.82. The Labute approximate surface area is 136 Å². The molecule has 2 rings (SSSR count). The van der Waals surface area contributed by atoms with Crippen LogP contribution in [0.25, 0.3) is 0 Å². The monoisotopic (exact) mass is 316 g/mol. The number of benzene rings is 1. The number of aromatic nitrogens is 2. The molecule has 0 aliphatic carbocycles. The molecule has 1 heterocycles. The van der Waals surface area contributed by atoms with Gasteiger partial charge in [-0.3, -0.25) is 10.00 Å². The van der Waals surface area contributed by atoms with Gasteiger partial charge in [0.05, 0.1) is 11.8 Å². The van der Waals surface area contributed by atoms with Crippen molar-refractivity contribution in [2.24, 2.45) is 7.05 Å². The van der Waals surface area contributed by atoms with Crippen molar-refractivity contribution in [3.05, 3.63) is 47.2 Å². The summed E-state index contributed by atoms with van der Waals surface area (Å²) in [6.45, 7) is 4.17. The van der Waals surface area contributed by atoms with E-state index in [-0.39, 0.29) is 12.6 Å². The minimum Gasteiger partial charge on any atom is -0.387 e. The number of carbonyl (C=O) groups excluding carboxylic acids is 1. The summed E-state index contributed by atoms with van der Waals surface area (Å²) >= 11 is 0. The van der Waals surface area contributed by atoms with E-state index in [0.29, 0.717) is 5.82 Å². The minimum atomic E-state index is -0.732. The highest BCUT2D eigenvalue weighted by atomic mass is 16.3. The van der Waals surface area contributed by atoms with E-state index in [1.54, 1.807) is 11.7 Å². The lowest BCUT2D eigenvalue weighted by Crippen LogP contribution is -2.33. The molecule has 0 saturated heterocycles. The zero-order valence-corrected chi connectivity index (χ0v) is 13.8. The van der Waals surface area contributed by atoms with Gasteiger partial charge in [0.25, 0.3) is 0 Å². The summed E-state index contributed by atoms with van der Waals surface area (Å²) in [5.41, 5.74) is 2.77. The average molecular weight is 316 g/mol. The zero-order chi connectivity index (χ0) is 16.8. The molecule has 0 radical (unpaired) electrons. The van der Waals surface area contributed by atoms with E-state index < -0.39 is 6.10 Å². The van der Waals surface area contributed by atoms with E-state index in [9.17, 15) is 9.90 Å². The van der Waals surface area contributed by atoms with Crippen LogP contribution in [-0.2, 0) is 13.5 Å². The fourth-order valence-corrected chi connectivity index (χ4v) is 2.44. The van der Waals surface area contributed by atoms with Crippen LogP contribution in [0.4, 0.5) is 10.6 Å². The first kappa shape index (κ1) is 17.0. The van der Waals surface area contributed by atoms with Crippen LogP contribution in [0.3, 0.4) is 0 Å². The third kappa shape index (κ3) is 4.56. The van der Waals surface area contributed by atoms with Crippen LogP contribution in [0, 0.1) is 6.92 Å². The number of nitrogens with zero attached hydrogens (tertiary/aromatic N) is 2. The summed E-state index contributed by atoms with van der Waals surface area (Å²) in [4.78, 5) is 12.0. The Kier molecular flexibility index (Phi) is 5.76. The summed E-state index contributed by atoms with van der Waals surface area (Å²) in [6, 6.07) is 9.09. The zero-order valence-electron chi connectivity index (χ0n) is 13.8. The number of nitrogens with one attached hydrogen (secondary N) is 2. The maximum Gasteiger partial charge on any atom is 0.320 e. The molecular weight excluding hydrogens is 292 g/mol. The number of aliphatic hydroxyl groups is 1. The highest BCUT2D eigenvalue weighted by Gasteiger charge is 2.13. The lowest BCUT2D eigenvalue weighted by Gasteiger charge is -2.14. The highest BCUT2D eigenvalue weighted by molar-refractivity contribution is 5.88. The Morgan fingerprint density at radius 3 is 2.83 bits per heavy atom. The molecule has 0 aliphatic rings. The molecule has 2 amide bonds. The van der Waals surface area contributed by atoms with Crippen LogP contribution in [0.5, 0.6) is 0 Å². The molecule has 0 fully saturated rings. The van der Waals surface area contributed by atoms with Crippen molar-refractivity contribution in [3.8, 4) is 0 Å². The van der Waals surface area contributed by atoms with Crippen LogP contribution in [0.1, 0.15) is 36.3 Å². The maximum absolute atomic E-state index is 12.0. The van der Waals surface area contributed by atoms with Crippen LogP contribution in [0.15, 0.2) is 30.3 Å². The molecule has 0 bridgehead atoms. The summed E-state index contributed by atoms with van der Waals surface area (Å²) in [5, 5.41) is 20.0. The number of aryl methyl sites for hydroxylation is 3. The van der Waals surface area contributed by atoms with E-state index >= 15 is 0 Å². The van der Waals surface area contributed by atoms with E-state index in [2.05, 4.69) is 22.7 Å². The number of rotatable bonds is 6. The molecule has 1 atom stereocenters. The quantitative estimate of drug-likeness (QED) is 0.766. The normalized spacial score (nSPS) is 12.0. The Morgan fingerprint density at radius 1 is 1.39 bits per heavy atom. The Hall–Kier alpha value is -2.34. The molecule has 1 aromatic carbocycles. The molecular formula is C17H24N4O2. The van der Waals surface area contributed by atoms with Crippen LogP contribution < -0.4 is 10.6 Å². The number of hydrogen-bond acceptors (Lipinski definition) is 3. The van der Waals surface area contributed by atoms with Gasteiger partial charge in [0.1, 0.15) is 5.82 Å². The predicted octanol–water partition coefficient (Wildman–Crippen LogP) is 2.54. The van der Waals surface area contributed by atoms with Crippen LogP contribution in [-0.4, -0.2) is 27.5 Å². The van der Waals surface area contributed by atoms with E-state index in [4.69, 9.17) is 0 Å². The van der Waals surface area contributed by atoms with Crippen molar-refractivity contribution < 1.29 is 9.90 Å². The Morgan fingerprint density at radius 2 is 2.13 bits per heavy atom. The molecule has 2 aromatic rings. The second-order valence-electron chi connectivity index (χ2n) is 5.60. The van der Waals surface area contributed by atoms with Crippen molar-refractivity contribution in [1.82, 2.24) is 15.1 Å². The number of amides is 2. The molecule has 6 nitrogen and oxygen atoms in total. The van der Waals surface area contributed by atoms with Gasteiger partial charge in [-0.15, -0.1) is 0 Å². The molecule has 1 unspecified atom stereocenters. The molecule has 0 aliphatic heterocycles. The number of carbonyl (C=O) groups is 1. The van der Waals surface area contributed by atoms with Crippen molar-refractivity contribution >= 4 is 11.8 Å². The summed E-state index contributed by atoms with van der Waals surface area (Å²) in [6.07, 6.45) is 1.15. The van der Waals surface area contributed by atoms with Gasteiger partial charge in [0.15, 0.2) is 0 Å². The molecule has 124 valence electrons. The van der Waals surface area contributed by atoms with Gasteiger partial charge in [0, 0.05) is 19.7 Å². The Bertz CT molecular complexity index is 666. The number of aliphatic hydroxyl groups excluding tert-OH is 1. The number of anilines is 1. The van der Waals surface area contributed by atoms with Crippen molar-refractivity contribution in [1.29, 1.82) is 0 Å². The smallest absolute Gasteiger partial charge is 0.320 e. The summed E-state index contributed by atoms with van der Waals surface area (Å²) < 4.78 is 1.64. The third-order valence-electron chi connectivity index (χ3n) is 3.68. The highest BCUT2D eigenvalue weighted by Crippen LogP contribution is 2.16. The van der Waals surface area contributed by atoms with Crippen LogP contribution in [0.2, 0.25) is 0 Å². The third-order valence-corrected chi connectivity index (χ3v) is 3.68. The SMILES string of the molecule is CCCc1cc(NC(=O)NCC(O)c2ccccc2C)n(C)n1. The van der Waals surface area contributed by atoms with Crippen LogP contribution >= 0.6 is 0 Å². The van der Waals surface area contributed by atoms with Gasteiger partial charge in [-0.1, -0.05) is 37.6 Å². The average Bonchev–Trinajstić information content (AvgIpc) is 2.85. The van der Waals surface area contributed by atoms with Gasteiger partial charge < -0.3 is 10.4 Å². The summed E-state index contributed by atoms with van der Waals surface area (Å²) in [5.74, 6) is 0.635. The number of urea groups is 1. The van der Waals surface area contributed by atoms with Crippen molar-refractivity contribution in [3.63, 3.8) is 0 Å². The standard InChI is InChI=1S/C17H24N4O2/c1-4-7-13-10-16(21(3)20-13)19-17(23)18-11-15(22)14-9-6-5-8-12(14)2/h5-6,8-10,15,22H,4,7,11H2,1-3H3,(H2,18,19,23). The second-order valence-corrected chi connectivity index (χ2v) is 5.60. The Balaban J connectivity index is 1.89. The molecule has 0 spiro atoms. The van der Waals surface area contributed by atoms with Gasteiger partial charge >= 0.3 is 6.03 Å². The fourth-order valence-electron chi connectivity index (χ4n) is 2.44. The maximum atomic E-state index is 12.0. The van der Waals surface area contributed by atoms with Gasteiger partial charge in [0.2, 0.25) is 0 Å². The van der Waals surface area contributed by atoms with Crippen molar-refractivity contribution in [2.45, 2.75) is 32.8 Å². The minimum absolute atomic E-state index is 0.149. The molecule has 23 heavy (non-hydrogen) atoms. The summed E-state index contributed by atoms with van der Waals surface area (Å²) in [7, 11) is 1.79. The van der Waals surface area contributed by atoms with E-state index in [1.807, 2.05) is 37.3 Å². The molecule has 0 saturated carbocycles. The predicted molar refractivity (Wildman–Crippen MR) is 90.4 cm³/mol. The molecule has 3 N–H and O–H groups in total. The molecule has 6 heteroatoms. The van der Waals surface area contributed by atoms with Gasteiger partial charge in [-0.05, 0) is 24.5 Å². The lowest BCUT2D eigenvalue weighted by atomic mass is 10.0. The second kappa shape index (κ2) is 7.78. The topological polar surface area (TPSA) is 79.2 Å². The van der Waals surface area contributed by atoms with Gasteiger partial charge in [-0.2, -0.15) is 5.10 Å². The first-order chi connectivity index (χ1) is 11.0. The van der Waals surface area contributed by atoms with Gasteiger partial charge in [-0.25, -0.2) is 4.79 Å². The fraction of sp³-hybridized carbons (Fsp3) is 0.412. The van der Waals surface area contributed by atoms with Crippen molar-refractivity contribution in [2.75, 3.05) is 11.9 Å². The lowest BCUT2D eigenvalue weighted by molar-refractivity contribution is 0.174.